The van der Waals surface area contributed by atoms with Crippen molar-refractivity contribution in [1.82, 2.24) is 4.90 Å². The number of nitrogens with zero attached hydrogens (tertiary/aromatic N) is 2. The molecule has 0 aromatic heterocycles. The number of fused-ring (bicyclic) bond motifs is 4. The van der Waals surface area contributed by atoms with Gasteiger partial charge in [-0.2, -0.15) is 26.3 Å². The zero-order valence-electron chi connectivity index (χ0n) is 26.2. The summed E-state index contributed by atoms with van der Waals surface area (Å²) in [6.45, 7) is 0. The van der Waals surface area contributed by atoms with Gasteiger partial charge in [-0.15, -0.1) is 23.2 Å². The number of phenols is 1. The topological polar surface area (TPSA) is 113 Å². The lowest BCUT2D eigenvalue weighted by Crippen LogP contribution is -2.60. The van der Waals surface area contributed by atoms with Crippen LogP contribution in [0.15, 0.2) is 48.1 Å². The number of allylic oxidation sites excluding steroid dienone is 3. The quantitative estimate of drug-likeness (QED) is 0.111. The van der Waals surface area contributed by atoms with Gasteiger partial charge in [-0.1, -0.05) is 39.7 Å². The third-order valence-electron chi connectivity index (χ3n) is 9.89. The van der Waals surface area contributed by atoms with E-state index in [1.54, 1.807) is 0 Å². The monoisotopic (exact) mass is 824 g/mol. The van der Waals surface area contributed by atoms with Gasteiger partial charge >= 0.3 is 12.4 Å². The van der Waals surface area contributed by atoms with Crippen LogP contribution in [-0.4, -0.2) is 63.1 Å². The van der Waals surface area contributed by atoms with Gasteiger partial charge in [0.1, 0.15) is 0 Å². The molecule has 6 atom stereocenters. The molecule has 2 aromatic rings. The fourth-order valence-electron chi connectivity index (χ4n) is 7.54. The van der Waals surface area contributed by atoms with E-state index in [4.69, 9.17) is 32.7 Å². The lowest BCUT2D eigenvalue weighted by atomic mass is 9.57. The summed E-state index contributed by atoms with van der Waals surface area (Å²) >= 11 is 17.3. The predicted octanol–water partition coefficient (Wildman–Crippen LogP) is 6.91. The first kappa shape index (κ1) is 37.0. The van der Waals surface area contributed by atoms with E-state index in [1.165, 1.54) is 44.6 Å². The van der Waals surface area contributed by atoms with Crippen LogP contribution in [0.1, 0.15) is 29.5 Å². The molecule has 0 spiro atoms. The van der Waals surface area contributed by atoms with Crippen molar-refractivity contribution in [2.75, 3.05) is 24.6 Å². The third-order valence-corrected chi connectivity index (χ3v) is 11.8. The van der Waals surface area contributed by atoms with Gasteiger partial charge in [-0.3, -0.25) is 24.1 Å². The number of aromatic hydroxyl groups is 1. The van der Waals surface area contributed by atoms with Crippen LogP contribution in [-0.2, 0) is 31.5 Å². The van der Waals surface area contributed by atoms with E-state index in [0.29, 0.717) is 28.2 Å². The Hall–Kier alpha value is -3.76. The normalized spacial score (nSPS) is 29.4. The highest BCUT2D eigenvalue weighted by Gasteiger charge is 2.75. The van der Waals surface area contributed by atoms with Crippen LogP contribution >= 0.6 is 39.1 Å². The van der Waals surface area contributed by atoms with Crippen molar-refractivity contribution in [3.63, 3.8) is 0 Å². The number of hydrogen-bond acceptors (Lipinski definition) is 7. The van der Waals surface area contributed by atoms with Crippen molar-refractivity contribution < 1.29 is 60.1 Å². The molecule has 6 unspecified atom stereocenters. The van der Waals surface area contributed by atoms with E-state index in [1.807, 2.05) is 0 Å². The Morgan fingerprint density at radius 3 is 1.98 bits per heavy atom. The number of hydrogen-bond donors (Lipinski definition) is 1. The number of methoxy groups -OCH3 is 2. The van der Waals surface area contributed by atoms with Crippen LogP contribution in [0, 0.1) is 23.7 Å². The van der Waals surface area contributed by atoms with Crippen molar-refractivity contribution in [3.05, 3.63) is 64.7 Å². The molecule has 3 fully saturated rings. The van der Waals surface area contributed by atoms with Crippen LogP contribution in [0.4, 0.5) is 32.0 Å². The number of amides is 4. The number of imide groups is 2. The van der Waals surface area contributed by atoms with Gasteiger partial charge in [0.15, 0.2) is 21.2 Å². The maximum Gasteiger partial charge on any atom is 0.416 e. The third kappa shape index (κ3) is 5.50. The maximum absolute atomic E-state index is 14.1. The van der Waals surface area contributed by atoms with Crippen LogP contribution < -0.4 is 14.4 Å². The molecule has 2 aliphatic heterocycles. The van der Waals surface area contributed by atoms with Gasteiger partial charge in [0.05, 0.1) is 48.3 Å². The van der Waals surface area contributed by atoms with E-state index in [-0.39, 0.29) is 35.2 Å². The smallest absolute Gasteiger partial charge is 0.416 e. The number of alkyl halides is 9. The summed E-state index contributed by atoms with van der Waals surface area (Å²) in [5, 5.41) is 10.4. The number of benzene rings is 2. The van der Waals surface area contributed by atoms with Crippen LogP contribution in [0.5, 0.6) is 17.2 Å². The molecular weight excluding hydrogens is 801 g/mol. The number of halogens is 9. The van der Waals surface area contributed by atoms with Crippen LogP contribution in [0.2, 0.25) is 0 Å². The number of anilines is 1. The largest absolute Gasteiger partial charge is 0.502 e. The average molecular weight is 826 g/mol. The molecule has 0 radical (unpaired) electrons. The molecule has 51 heavy (non-hydrogen) atoms. The molecule has 18 heteroatoms. The molecule has 2 saturated heterocycles. The predicted molar refractivity (Wildman–Crippen MR) is 173 cm³/mol. The summed E-state index contributed by atoms with van der Waals surface area (Å²) in [7, 11) is 2.60. The number of carbonyl (C=O) groups is 4. The Kier molecular flexibility index (Phi) is 9.02. The molecule has 9 nitrogen and oxygen atoms in total. The van der Waals surface area contributed by atoms with Crippen molar-refractivity contribution in [1.29, 1.82) is 0 Å². The number of phenolic OH excluding ortho intramolecular Hbond substituents is 1. The van der Waals surface area contributed by atoms with E-state index in [2.05, 4.69) is 15.9 Å². The van der Waals surface area contributed by atoms with Gasteiger partial charge in [0.25, 0.3) is 11.8 Å². The van der Waals surface area contributed by atoms with Gasteiger partial charge in [-0.25, -0.2) is 4.90 Å². The molecule has 2 aliphatic carbocycles. The number of likely N-dealkylation sites (tertiary alicyclic amines) is 1. The second-order valence-electron chi connectivity index (χ2n) is 12.4. The fourth-order valence-corrected chi connectivity index (χ4v) is 8.92. The van der Waals surface area contributed by atoms with E-state index in [0.717, 1.165) is 4.90 Å². The molecule has 2 aromatic carbocycles. The number of ether oxygens (including phenoxy) is 2. The van der Waals surface area contributed by atoms with Gasteiger partial charge in [0, 0.05) is 5.92 Å². The van der Waals surface area contributed by atoms with E-state index >= 15 is 0 Å². The van der Waals surface area contributed by atoms with Crippen molar-refractivity contribution in [3.8, 4) is 17.2 Å². The van der Waals surface area contributed by atoms with Gasteiger partial charge in [-0.05, 0) is 54.7 Å². The summed E-state index contributed by atoms with van der Waals surface area (Å²) in [5.41, 5.74) is -3.97. The highest BCUT2D eigenvalue weighted by Crippen LogP contribution is 2.63. The van der Waals surface area contributed by atoms with Crippen LogP contribution in [0.25, 0.3) is 6.08 Å². The van der Waals surface area contributed by atoms with E-state index < -0.39 is 92.6 Å². The first-order valence-electron chi connectivity index (χ1n) is 15.0. The summed E-state index contributed by atoms with van der Waals surface area (Å²) in [5.74, 6) is -9.12. The molecular formula is C33H25BrCl2F6N2O7. The standard InChI is InChI=1S/C33H25BrCl2F6N2O7/c1-50-22-7-14(8-23(51-2)25(22)45)3-6-21-18-4-5-19-24(20(18)12-30(35)28(48)43(13-34)29(49)31(21,30)36)27(47)44(26(19)46)17-10-15(32(37,38)39)9-16(11-17)33(40,41)42/h3-4,6-11,19-21,24,45H,5,12-13H2,1-2H3. The van der Waals surface area contributed by atoms with E-state index in [9.17, 15) is 50.6 Å². The zero-order chi connectivity index (χ0) is 37.6. The molecule has 6 rings (SSSR count). The Balaban J connectivity index is 1.48. The van der Waals surface area contributed by atoms with Crippen molar-refractivity contribution in [2.45, 2.75) is 34.9 Å². The first-order valence-corrected chi connectivity index (χ1v) is 16.9. The zero-order valence-corrected chi connectivity index (χ0v) is 29.3. The van der Waals surface area contributed by atoms with Gasteiger partial charge in [0.2, 0.25) is 17.6 Å². The molecule has 4 amide bonds. The molecule has 1 N–H and O–H groups in total. The lowest BCUT2D eigenvalue weighted by Gasteiger charge is -2.49. The SMILES string of the molecule is COc1cc(C=CC2C3=CCC4C(=O)N(c5cc(C(F)(F)F)cc(C(F)(F)F)c5)C(=O)C4C3CC3(Cl)C(=O)N(CBr)C(=O)C23Cl)cc(OC)c1O. The average Bonchev–Trinajstić information content (AvgIpc) is 3.41. The molecule has 4 aliphatic rings. The Morgan fingerprint density at radius 2 is 1.47 bits per heavy atom. The summed E-state index contributed by atoms with van der Waals surface area (Å²) in [4.78, 5) is 52.2. The lowest BCUT2D eigenvalue weighted by molar-refractivity contribution is -0.143. The first-order chi connectivity index (χ1) is 23.7. The molecule has 0 bridgehead atoms. The maximum atomic E-state index is 14.1. The summed E-state index contributed by atoms with van der Waals surface area (Å²) in [6.07, 6.45) is -6.68. The minimum atomic E-state index is -5.25. The van der Waals surface area contributed by atoms with Crippen molar-refractivity contribution >= 4 is 74.5 Å². The Morgan fingerprint density at radius 1 is 0.902 bits per heavy atom. The number of rotatable bonds is 6. The second kappa shape index (κ2) is 12.4. The number of carbonyl (C=O) groups excluding carboxylic acids is 4. The minimum Gasteiger partial charge on any atom is -0.502 e. The summed E-state index contributed by atoms with van der Waals surface area (Å²) in [6, 6.07) is 3.34. The molecule has 272 valence electrons. The second-order valence-corrected chi connectivity index (χ2v) is 14.2. The summed E-state index contributed by atoms with van der Waals surface area (Å²) < 4.78 is 92.7. The van der Waals surface area contributed by atoms with Crippen LogP contribution in [0.3, 0.4) is 0 Å². The molecule has 2 heterocycles. The minimum absolute atomic E-state index is 0.0264. The fraction of sp³-hybridized carbons (Fsp3) is 0.394. The molecule has 1 saturated carbocycles. The van der Waals surface area contributed by atoms with Crippen molar-refractivity contribution in [2.24, 2.45) is 23.7 Å². The highest BCUT2D eigenvalue weighted by atomic mass is 79.9. The Labute approximate surface area is 303 Å². The van der Waals surface area contributed by atoms with Gasteiger partial charge < -0.3 is 14.6 Å². The highest BCUT2D eigenvalue weighted by molar-refractivity contribution is 9.09. The Bertz CT molecular complexity index is 1880.